The Balaban J connectivity index is 2.69. The molecule has 86 valence electrons. The topological polar surface area (TPSA) is 53.1 Å². The van der Waals surface area contributed by atoms with Crippen LogP contribution in [-0.4, -0.2) is 29.3 Å². The molecule has 0 unspecified atom stereocenters. The van der Waals surface area contributed by atoms with Crippen LogP contribution in [0.1, 0.15) is 19.0 Å². The molecular formula is C10H19N3OS. The minimum absolute atomic E-state index is 0.735. The number of nitrogen functional groups attached to an aromatic ring is 1. The van der Waals surface area contributed by atoms with Gasteiger partial charge in [0.2, 0.25) is 0 Å². The largest absolute Gasteiger partial charge is 0.395 e. The number of nitrogens with two attached hydrogens (primary N) is 1. The summed E-state index contributed by atoms with van der Waals surface area (Å²) in [6.07, 6.45) is 2.02. The van der Waals surface area contributed by atoms with Gasteiger partial charge in [-0.15, -0.1) is 11.8 Å². The van der Waals surface area contributed by atoms with E-state index in [2.05, 4.69) is 12.0 Å². The van der Waals surface area contributed by atoms with Crippen molar-refractivity contribution in [2.24, 2.45) is 7.05 Å². The maximum absolute atomic E-state index is 6.03. The molecule has 0 fully saturated rings. The molecule has 2 N–H and O–H groups in total. The van der Waals surface area contributed by atoms with Gasteiger partial charge in [-0.05, 0) is 6.42 Å². The molecule has 1 aromatic heterocycles. The predicted molar refractivity (Wildman–Crippen MR) is 64.2 cm³/mol. The summed E-state index contributed by atoms with van der Waals surface area (Å²) in [4.78, 5) is 0. The summed E-state index contributed by atoms with van der Waals surface area (Å²) < 4.78 is 6.87. The van der Waals surface area contributed by atoms with Crippen LogP contribution >= 0.6 is 11.8 Å². The number of methoxy groups -OCH3 is 1. The average molecular weight is 229 g/mol. The van der Waals surface area contributed by atoms with Crippen LogP contribution in [0.2, 0.25) is 0 Å². The molecule has 15 heavy (non-hydrogen) atoms. The molecule has 0 saturated carbocycles. The first-order chi connectivity index (χ1) is 7.20. The number of rotatable bonds is 6. The number of anilines is 1. The fraction of sp³-hybridized carbons (Fsp3) is 0.700. The first kappa shape index (κ1) is 12.4. The Bertz CT molecular complexity index is 312. The van der Waals surface area contributed by atoms with Gasteiger partial charge in [0.25, 0.3) is 0 Å². The second-order valence-corrected chi connectivity index (χ2v) is 4.46. The van der Waals surface area contributed by atoms with Crippen molar-refractivity contribution in [3.63, 3.8) is 0 Å². The molecule has 0 aromatic carbocycles. The number of aromatic nitrogens is 2. The van der Waals surface area contributed by atoms with Gasteiger partial charge >= 0.3 is 0 Å². The summed E-state index contributed by atoms with van der Waals surface area (Å²) in [6, 6.07) is 0. The van der Waals surface area contributed by atoms with Crippen molar-refractivity contribution >= 4 is 17.4 Å². The molecule has 1 heterocycles. The number of aryl methyl sites for hydroxylation is 2. The zero-order chi connectivity index (χ0) is 11.3. The lowest BCUT2D eigenvalue weighted by molar-refractivity contribution is 0.218. The van der Waals surface area contributed by atoms with E-state index in [0.717, 1.165) is 41.6 Å². The zero-order valence-electron chi connectivity index (χ0n) is 9.62. The van der Waals surface area contributed by atoms with Crippen LogP contribution in [0, 0.1) is 0 Å². The Labute approximate surface area is 95.2 Å². The summed E-state index contributed by atoms with van der Waals surface area (Å²) in [6.45, 7) is 2.87. The standard InChI is InChI=1S/C10H19N3OS/c1-4-5-8-9(11)10(13(2)12-8)15-7-6-14-3/h4-7,11H2,1-3H3. The Hall–Kier alpha value is -0.680. The van der Waals surface area contributed by atoms with E-state index >= 15 is 0 Å². The van der Waals surface area contributed by atoms with Crippen LogP contribution in [-0.2, 0) is 18.2 Å². The van der Waals surface area contributed by atoms with Crippen molar-refractivity contribution in [3.05, 3.63) is 5.69 Å². The number of nitrogens with zero attached hydrogens (tertiary/aromatic N) is 2. The van der Waals surface area contributed by atoms with E-state index in [1.165, 1.54) is 0 Å². The quantitative estimate of drug-likeness (QED) is 0.596. The van der Waals surface area contributed by atoms with E-state index in [0.29, 0.717) is 0 Å². The van der Waals surface area contributed by atoms with Gasteiger partial charge in [0.15, 0.2) is 0 Å². The SMILES string of the molecule is CCCc1nn(C)c(SCCOC)c1N. The lowest BCUT2D eigenvalue weighted by Crippen LogP contribution is -1.97. The summed E-state index contributed by atoms with van der Waals surface area (Å²) in [7, 11) is 3.64. The van der Waals surface area contributed by atoms with E-state index in [1.54, 1.807) is 18.9 Å². The highest BCUT2D eigenvalue weighted by Gasteiger charge is 2.12. The second-order valence-electron chi connectivity index (χ2n) is 3.38. The van der Waals surface area contributed by atoms with Gasteiger partial charge in [-0.2, -0.15) is 5.10 Å². The summed E-state index contributed by atoms with van der Waals surface area (Å²) in [5.41, 5.74) is 7.88. The van der Waals surface area contributed by atoms with Gasteiger partial charge in [-0.3, -0.25) is 4.68 Å². The van der Waals surface area contributed by atoms with Gasteiger partial charge in [-0.1, -0.05) is 13.3 Å². The molecular weight excluding hydrogens is 210 g/mol. The highest BCUT2D eigenvalue weighted by atomic mass is 32.2. The monoisotopic (exact) mass is 229 g/mol. The molecule has 0 saturated heterocycles. The lowest BCUT2D eigenvalue weighted by Gasteiger charge is -2.02. The maximum Gasteiger partial charge on any atom is 0.117 e. The molecule has 0 radical (unpaired) electrons. The zero-order valence-corrected chi connectivity index (χ0v) is 10.4. The van der Waals surface area contributed by atoms with Crippen LogP contribution < -0.4 is 5.73 Å². The lowest BCUT2D eigenvalue weighted by atomic mass is 10.2. The fourth-order valence-corrected chi connectivity index (χ4v) is 2.34. The second kappa shape index (κ2) is 6.02. The van der Waals surface area contributed by atoms with Gasteiger partial charge in [0, 0.05) is 19.9 Å². The van der Waals surface area contributed by atoms with Gasteiger partial charge in [0.05, 0.1) is 18.0 Å². The molecule has 0 aliphatic heterocycles. The molecule has 1 aromatic rings. The Kier molecular flexibility index (Phi) is 4.98. The van der Waals surface area contributed by atoms with Crippen molar-refractivity contribution in [1.82, 2.24) is 9.78 Å². The van der Waals surface area contributed by atoms with Crippen LogP contribution in [0.15, 0.2) is 5.03 Å². The predicted octanol–water partition coefficient (Wildman–Crippen LogP) is 1.69. The number of ether oxygens (including phenoxy) is 1. The Morgan fingerprint density at radius 3 is 2.87 bits per heavy atom. The van der Waals surface area contributed by atoms with Crippen molar-refractivity contribution in [3.8, 4) is 0 Å². The molecule has 0 amide bonds. The number of thioether (sulfide) groups is 1. The molecule has 0 aliphatic carbocycles. The fourth-order valence-electron chi connectivity index (χ4n) is 1.39. The molecule has 0 aliphatic rings. The third-order valence-electron chi connectivity index (χ3n) is 2.12. The summed E-state index contributed by atoms with van der Waals surface area (Å²) in [5.74, 6) is 0.909. The summed E-state index contributed by atoms with van der Waals surface area (Å²) >= 11 is 1.70. The third-order valence-corrected chi connectivity index (χ3v) is 3.25. The van der Waals surface area contributed by atoms with Crippen LogP contribution in [0.3, 0.4) is 0 Å². The van der Waals surface area contributed by atoms with Gasteiger partial charge < -0.3 is 10.5 Å². The smallest absolute Gasteiger partial charge is 0.117 e. The normalized spacial score (nSPS) is 10.9. The molecule has 4 nitrogen and oxygen atoms in total. The summed E-state index contributed by atoms with van der Waals surface area (Å²) in [5, 5.41) is 5.46. The number of hydrogen-bond acceptors (Lipinski definition) is 4. The number of hydrogen-bond donors (Lipinski definition) is 1. The molecule has 5 heteroatoms. The first-order valence-electron chi connectivity index (χ1n) is 5.13. The van der Waals surface area contributed by atoms with E-state index in [-0.39, 0.29) is 0 Å². The van der Waals surface area contributed by atoms with Crippen molar-refractivity contribution < 1.29 is 4.74 Å². The van der Waals surface area contributed by atoms with E-state index in [4.69, 9.17) is 10.5 Å². The molecule has 1 rings (SSSR count). The molecule has 0 spiro atoms. The highest BCUT2D eigenvalue weighted by Crippen LogP contribution is 2.27. The van der Waals surface area contributed by atoms with E-state index in [1.807, 2.05) is 11.7 Å². The molecule has 0 atom stereocenters. The van der Waals surface area contributed by atoms with Crippen LogP contribution in [0.25, 0.3) is 0 Å². The van der Waals surface area contributed by atoms with Crippen LogP contribution in [0.5, 0.6) is 0 Å². The Morgan fingerprint density at radius 1 is 1.53 bits per heavy atom. The average Bonchev–Trinajstić information content (AvgIpc) is 2.46. The highest BCUT2D eigenvalue weighted by molar-refractivity contribution is 7.99. The van der Waals surface area contributed by atoms with E-state index < -0.39 is 0 Å². The third kappa shape index (κ3) is 3.14. The van der Waals surface area contributed by atoms with E-state index in [9.17, 15) is 0 Å². The minimum Gasteiger partial charge on any atom is -0.395 e. The van der Waals surface area contributed by atoms with Crippen molar-refractivity contribution in [2.45, 2.75) is 24.8 Å². The van der Waals surface area contributed by atoms with Gasteiger partial charge in [-0.25, -0.2) is 0 Å². The van der Waals surface area contributed by atoms with Gasteiger partial charge in [0.1, 0.15) is 5.03 Å². The van der Waals surface area contributed by atoms with Crippen molar-refractivity contribution in [1.29, 1.82) is 0 Å². The first-order valence-corrected chi connectivity index (χ1v) is 6.12. The molecule has 0 bridgehead atoms. The van der Waals surface area contributed by atoms with Crippen LogP contribution in [0.4, 0.5) is 5.69 Å². The minimum atomic E-state index is 0.735. The Morgan fingerprint density at radius 2 is 2.27 bits per heavy atom. The maximum atomic E-state index is 6.03. The van der Waals surface area contributed by atoms with Crippen molar-refractivity contribution in [2.75, 3.05) is 25.2 Å².